The number of Topliss-reactive ketones (excluding diaryl/α,β-unsaturated/α-hetero) is 1. The molecule has 2 aromatic rings. The molecule has 2 heterocycles. The smallest absolute Gasteiger partial charge is 0.200 e. The van der Waals surface area contributed by atoms with Crippen LogP contribution in [0.5, 0.6) is 5.75 Å². The molecule has 2 saturated heterocycles. The van der Waals surface area contributed by atoms with E-state index in [1.165, 1.54) is 75.7 Å². The lowest BCUT2D eigenvalue weighted by Gasteiger charge is -2.40. The molecule has 2 aromatic carbocycles. The highest BCUT2D eigenvalue weighted by Crippen LogP contribution is 2.48. The molecule has 2 aliphatic heterocycles. The fourth-order valence-corrected chi connectivity index (χ4v) is 7.21. The van der Waals surface area contributed by atoms with Crippen LogP contribution in [0.1, 0.15) is 73.2 Å². The third-order valence-corrected chi connectivity index (χ3v) is 9.08. The summed E-state index contributed by atoms with van der Waals surface area (Å²) in [5.74, 6) is 3.45. The fourth-order valence-electron chi connectivity index (χ4n) is 7.21. The van der Waals surface area contributed by atoms with Gasteiger partial charge >= 0.3 is 0 Å². The molecular formula is C30H38N2O2. The Balaban J connectivity index is 1.05. The molecule has 0 radical (unpaired) electrons. The largest absolute Gasteiger partial charge is 0.485 e. The summed E-state index contributed by atoms with van der Waals surface area (Å²) in [7, 11) is 0. The van der Waals surface area contributed by atoms with Crippen LogP contribution in [-0.4, -0.2) is 49.5 Å². The van der Waals surface area contributed by atoms with Crippen molar-refractivity contribution in [1.29, 1.82) is 0 Å². The van der Waals surface area contributed by atoms with Crippen LogP contribution in [0.4, 0.5) is 5.69 Å². The SMILES string of the molecule is O=C(COc1ccccc1C1CCN([C@H]2C[C@H]3CCC2C3)CC1)c1ccc(N2CCCC2)cc1. The van der Waals surface area contributed by atoms with Crippen LogP contribution in [0.2, 0.25) is 0 Å². The molecule has 4 heteroatoms. The van der Waals surface area contributed by atoms with Crippen molar-refractivity contribution >= 4 is 11.5 Å². The van der Waals surface area contributed by atoms with Crippen LogP contribution < -0.4 is 9.64 Å². The normalized spacial score (nSPS) is 27.4. The Morgan fingerprint density at radius 2 is 1.62 bits per heavy atom. The van der Waals surface area contributed by atoms with E-state index < -0.39 is 0 Å². The third kappa shape index (κ3) is 4.49. The summed E-state index contributed by atoms with van der Waals surface area (Å²) < 4.78 is 6.13. The number of hydrogen-bond donors (Lipinski definition) is 0. The first-order chi connectivity index (χ1) is 16.7. The number of anilines is 1. The molecule has 0 amide bonds. The second-order valence-corrected chi connectivity index (χ2v) is 11.0. The Bertz CT molecular complexity index is 989. The van der Waals surface area contributed by atoms with Crippen LogP contribution in [0.3, 0.4) is 0 Å². The maximum atomic E-state index is 12.8. The van der Waals surface area contributed by atoms with E-state index in [9.17, 15) is 4.79 Å². The number of carbonyl (C=O) groups is 1. The van der Waals surface area contributed by atoms with Crippen molar-refractivity contribution in [3.63, 3.8) is 0 Å². The number of para-hydroxylation sites is 1. The van der Waals surface area contributed by atoms with Gasteiger partial charge in [-0.15, -0.1) is 0 Å². The number of rotatable bonds is 7. The van der Waals surface area contributed by atoms with Gasteiger partial charge in [-0.3, -0.25) is 4.79 Å². The number of ketones is 1. The van der Waals surface area contributed by atoms with Gasteiger partial charge < -0.3 is 14.5 Å². The molecule has 2 aliphatic carbocycles. The van der Waals surface area contributed by atoms with E-state index in [4.69, 9.17) is 4.74 Å². The van der Waals surface area contributed by atoms with E-state index in [2.05, 4.69) is 34.1 Å². The maximum Gasteiger partial charge on any atom is 0.200 e. The van der Waals surface area contributed by atoms with Crippen LogP contribution >= 0.6 is 0 Å². The zero-order valence-corrected chi connectivity index (χ0v) is 20.3. The predicted molar refractivity (Wildman–Crippen MR) is 137 cm³/mol. The number of carbonyl (C=O) groups excluding carboxylic acids is 1. The summed E-state index contributed by atoms with van der Waals surface area (Å²) in [6.45, 7) is 4.75. The Morgan fingerprint density at radius 3 is 2.32 bits per heavy atom. The third-order valence-electron chi connectivity index (χ3n) is 9.08. The van der Waals surface area contributed by atoms with Crippen molar-refractivity contribution in [2.24, 2.45) is 11.8 Å². The number of piperidine rings is 1. The van der Waals surface area contributed by atoms with E-state index >= 15 is 0 Å². The van der Waals surface area contributed by atoms with E-state index in [0.717, 1.165) is 42.3 Å². The van der Waals surface area contributed by atoms with Gasteiger partial charge in [0.05, 0.1) is 0 Å². The first-order valence-electron chi connectivity index (χ1n) is 13.6. The Morgan fingerprint density at radius 1 is 0.853 bits per heavy atom. The van der Waals surface area contributed by atoms with Crippen molar-refractivity contribution in [2.45, 2.75) is 63.3 Å². The second kappa shape index (κ2) is 9.73. The van der Waals surface area contributed by atoms with Gasteiger partial charge in [0.25, 0.3) is 0 Å². The summed E-state index contributed by atoms with van der Waals surface area (Å²) >= 11 is 0. The predicted octanol–water partition coefficient (Wildman–Crippen LogP) is 5.92. The summed E-state index contributed by atoms with van der Waals surface area (Å²) in [5, 5.41) is 0. The Hall–Kier alpha value is -2.33. The molecule has 180 valence electrons. The first kappa shape index (κ1) is 22.2. The van der Waals surface area contributed by atoms with E-state index in [-0.39, 0.29) is 12.4 Å². The minimum atomic E-state index is 0.0499. The highest BCUT2D eigenvalue weighted by Gasteiger charge is 2.43. The summed E-state index contributed by atoms with van der Waals surface area (Å²) in [6.07, 6.45) is 10.8. The molecule has 4 fully saturated rings. The van der Waals surface area contributed by atoms with Crippen LogP contribution in [-0.2, 0) is 0 Å². The molecule has 3 atom stereocenters. The van der Waals surface area contributed by atoms with Crippen molar-refractivity contribution < 1.29 is 9.53 Å². The maximum absolute atomic E-state index is 12.8. The van der Waals surface area contributed by atoms with E-state index in [1.807, 2.05) is 24.3 Å². The number of ether oxygens (including phenoxy) is 1. The zero-order valence-electron chi connectivity index (χ0n) is 20.3. The molecule has 0 spiro atoms. The standard InChI is InChI=1S/C30H38N2O2/c33-29(24-9-11-26(12-10-24)31-15-3-4-16-31)21-34-30-6-2-1-5-27(30)23-13-17-32(18-14-23)28-20-22-7-8-25(28)19-22/h1-2,5-6,9-12,22-23,25,28H,3-4,7-8,13-21H2/t22-,25?,28-/m0/s1. The Kier molecular flexibility index (Phi) is 6.34. The average molecular weight is 459 g/mol. The van der Waals surface area contributed by atoms with Gasteiger partial charge in [-0.25, -0.2) is 0 Å². The first-order valence-corrected chi connectivity index (χ1v) is 13.6. The monoisotopic (exact) mass is 458 g/mol. The average Bonchev–Trinajstić information content (AvgIpc) is 3.67. The number of nitrogens with zero attached hydrogens (tertiary/aromatic N) is 2. The molecule has 4 nitrogen and oxygen atoms in total. The minimum Gasteiger partial charge on any atom is -0.485 e. The highest BCUT2D eigenvalue weighted by atomic mass is 16.5. The van der Waals surface area contributed by atoms with Gasteiger partial charge in [-0.2, -0.15) is 0 Å². The van der Waals surface area contributed by atoms with Crippen molar-refractivity contribution in [3.8, 4) is 5.75 Å². The molecule has 0 aromatic heterocycles. The lowest BCUT2D eigenvalue weighted by molar-refractivity contribution is 0.0917. The fraction of sp³-hybridized carbons (Fsp3) is 0.567. The Labute approximate surface area is 204 Å². The lowest BCUT2D eigenvalue weighted by Crippen LogP contribution is -2.43. The summed E-state index contributed by atoms with van der Waals surface area (Å²) in [5.41, 5.74) is 3.24. The van der Waals surface area contributed by atoms with Crippen LogP contribution in [0.25, 0.3) is 0 Å². The molecule has 2 saturated carbocycles. The van der Waals surface area contributed by atoms with Gasteiger partial charge in [-0.05, 0) is 112 Å². The number of benzene rings is 2. The molecule has 0 N–H and O–H groups in total. The highest BCUT2D eigenvalue weighted by molar-refractivity contribution is 5.97. The molecule has 6 rings (SSSR count). The van der Waals surface area contributed by atoms with Crippen molar-refractivity contribution in [3.05, 3.63) is 59.7 Å². The molecule has 2 bridgehead atoms. The summed E-state index contributed by atoms with van der Waals surface area (Å²) in [4.78, 5) is 18.0. The zero-order chi connectivity index (χ0) is 22.9. The number of fused-ring (bicyclic) bond motifs is 2. The van der Waals surface area contributed by atoms with E-state index in [0.29, 0.717) is 5.92 Å². The van der Waals surface area contributed by atoms with Gasteiger partial charge in [0.2, 0.25) is 0 Å². The van der Waals surface area contributed by atoms with Gasteiger partial charge in [0.15, 0.2) is 12.4 Å². The molecule has 1 unspecified atom stereocenters. The van der Waals surface area contributed by atoms with Crippen molar-refractivity contribution in [2.75, 3.05) is 37.7 Å². The van der Waals surface area contributed by atoms with Gasteiger partial charge in [0, 0.05) is 30.4 Å². The van der Waals surface area contributed by atoms with E-state index in [1.54, 1.807) is 0 Å². The van der Waals surface area contributed by atoms with Crippen LogP contribution in [0, 0.1) is 11.8 Å². The summed E-state index contributed by atoms with van der Waals surface area (Å²) in [6, 6.07) is 17.3. The lowest BCUT2D eigenvalue weighted by atomic mass is 9.86. The molecule has 4 aliphatic rings. The second-order valence-electron chi connectivity index (χ2n) is 11.0. The number of likely N-dealkylation sites (tertiary alicyclic amines) is 1. The quantitative estimate of drug-likeness (QED) is 0.483. The number of hydrogen-bond acceptors (Lipinski definition) is 4. The molecule has 34 heavy (non-hydrogen) atoms. The van der Waals surface area contributed by atoms with Gasteiger partial charge in [0.1, 0.15) is 5.75 Å². The topological polar surface area (TPSA) is 32.8 Å². The van der Waals surface area contributed by atoms with Crippen LogP contribution in [0.15, 0.2) is 48.5 Å². The molecular weight excluding hydrogens is 420 g/mol. The minimum absolute atomic E-state index is 0.0499. The van der Waals surface area contributed by atoms with Crippen molar-refractivity contribution in [1.82, 2.24) is 4.90 Å². The van der Waals surface area contributed by atoms with Gasteiger partial charge in [-0.1, -0.05) is 24.6 Å².